The number of nitrogens with zero attached hydrogens (tertiary/aromatic N) is 1. The lowest BCUT2D eigenvalue weighted by Gasteiger charge is -2.08. The number of phenolic OH excluding ortho intramolecular Hbond substituents is 1. The zero-order valence-electron chi connectivity index (χ0n) is 13.3. The maximum Gasteiger partial charge on any atom is 0.335 e. The predicted molar refractivity (Wildman–Crippen MR) is 102 cm³/mol. The molecule has 0 bridgehead atoms. The third-order valence-corrected chi connectivity index (χ3v) is 3.45. The number of phenols is 1. The van der Waals surface area contributed by atoms with Crippen molar-refractivity contribution in [2.75, 3.05) is 5.32 Å². The summed E-state index contributed by atoms with van der Waals surface area (Å²) >= 11 is 5.10. The molecule has 0 aromatic heterocycles. The van der Waals surface area contributed by atoms with Crippen LogP contribution in [0.15, 0.2) is 60.2 Å². The zero-order chi connectivity index (χ0) is 18.2. The number of hydrazone groups is 1. The van der Waals surface area contributed by atoms with Gasteiger partial charge in [-0.25, -0.2) is 4.79 Å². The molecule has 0 amide bonds. The van der Waals surface area contributed by atoms with Crippen molar-refractivity contribution in [1.82, 2.24) is 5.43 Å². The van der Waals surface area contributed by atoms with Gasteiger partial charge in [-0.1, -0.05) is 24.3 Å². The minimum atomic E-state index is -1.02. The first-order chi connectivity index (χ1) is 12.0. The number of para-hydroxylation sites is 1. The molecule has 0 aliphatic carbocycles. The van der Waals surface area contributed by atoms with Crippen molar-refractivity contribution in [3.8, 4) is 5.75 Å². The molecule has 0 spiro atoms. The summed E-state index contributed by atoms with van der Waals surface area (Å²) in [6, 6.07) is 11.6. The van der Waals surface area contributed by atoms with Crippen LogP contribution in [0, 0.1) is 0 Å². The third kappa shape index (κ3) is 5.15. The van der Waals surface area contributed by atoms with E-state index < -0.39 is 5.97 Å². The number of rotatable bonds is 6. The van der Waals surface area contributed by atoms with Crippen LogP contribution in [0.1, 0.15) is 21.5 Å². The molecule has 0 saturated heterocycles. The summed E-state index contributed by atoms with van der Waals surface area (Å²) in [7, 11) is 0. The van der Waals surface area contributed by atoms with Crippen molar-refractivity contribution in [1.29, 1.82) is 0 Å². The van der Waals surface area contributed by atoms with Crippen LogP contribution in [0.5, 0.6) is 5.75 Å². The van der Waals surface area contributed by atoms with Crippen molar-refractivity contribution in [2.24, 2.45) is 5.10 Å². The molecule has 128 valence electrons. The number of aromatic hydroxyl groups is 1. The Morgan fingerprint density at radius 3 is 2.76 bits per heavy atom. The van der Waals surface area contributed by atoms with Gasteiger partial charge in [0, 0.05) is 11.3 Å². The first kappa shape index (κ1) is 18.2. The number of hydrogen-bond donors (Lipinski definition) is 4. The Hall–Kier alpha value is -3.19. The summed E-state index contributed by atoms with van der Waals surface area (Å²) in [6.07, 6.45) is 3.71. The second-order valence-electron chi connectivity index (χ2n) is 5.06. The van der Waals surface area contributed by atoms with E-state index in [4.69, 9.17) is 17.3 Å². The number of carboxylic acid groups (broad SMARTS) is 1. The number of hydrogen-bond acceptors (Lipinski definition) is 4. The number of allylic oxidation sites excluding steroid dienone is 1. The van der Waals surface area contributed by atoms with Crippen LogP contribution in [-0.2, 0) is 6.42 Å². The molecule has 0 atom stereocenters. The summed E-state index contributed by atoms with van der Waals surface area (Å²) in [5, 5.41) is 26.1. The van der Waals surface area contributed by atoms with E-state index in [0.29, 0.717) is 17.7 Å². The standard InChI is InChI=1S/C18H17N3O3S/c1-2-5-12-6-3-8-14(16(12)22)11-19-21-18(25)20-15-9-4-7-13(10-15)17(23)24/h2-4,6-11,22H,1,5H2,(H,23,24)(H2,20,21,25)/b19-11+. The average molecular weight is 355 g/mol. The van der Waals surface area contributed by atoms with E-state index in [1.165, 1.54) is 18.3 Å². The van der Waals surface area contributed by atoms with Crippen LogP contribution in [-0.4, -0.2) is 27.5 Å². The molecule has 6 nitrogen and oxygen atoms in total. The van der Waals surface area contributed by atoms with Crippen molar-refractivity contribution in [3.63, 3.8) is 0 Å². The van der Waals surface area contributed by atoms with Crippen LogP contribution in [0.25, 0.3) is 0 Å². The fourth-order valence-electron chi connectivity index (χ4n) is 2.09. The topological polar surface area (TPSA) is 94.0 Å². The summed E-state index contributed by atoms with van der Waals surface area (Å²) < 4.78 is 0. The molecule has 0 unspecified atom stereocenters. The minimum Gasteiger partial charge on any atom is -0.507 e. The van der Waals surface area contributed by atoms with Gasteiger partial charge in [-0.05, 0) is 48.5 Å². The molecule has 0 radical (unpaired) electrons. The fraction of sp³-hybridized carbons (Fsp3) is 0.0556. The Morgan fingerprint density at radius 2 is 2.04 bits per heavy atom. The molecule has 2 rings (SSSR count). The van der Waals surface area contributed by atoms with Gasteiger partial charge in [0.1, 0.15) is 5.75 Å². The number of benzene rings is 2. The quantitative estimate of drug-likeness (QED) is 0.275. The highest BCUT2D eigenvalue weighted by Crippen LogP contribution is 2.21. The highest BCUT2D eigenvalue weighted by molar-refractivity contribution is 7.80. The largest absolute Gasteiger partial charge is 0.507 e. The molecular weight excluding hydrogens is 338 g/mol. The number of nitrogens with one attached hydrogen (secondary N) is 2. The van der Waals surface area contributed by atoms with E-state index in [2.05, 4.69) is 22.4 Å². The minimum absolute atomic E-state index is 0.140. The van der Waals surface area contributed by atoms with Gasteiger partial charge in [-0.3, -0.25) is 5.43 Å². The lowest BCUT2D eigenvalue weighted by Crippen LogP contribution is -2.24. The molecule has 2 aromatic rings. The van der Waals surface area contributed by atoms with E-state index in [0.717, 1.165) is 5.56 Å². The molecule has 0 fully saturated rings. The monoisotopic (exact) mass is 355 g/mol. The molecular formula is C18H17N3O3S. The lowest BCUT2D eigenvalue weighted by molar-refractivity contribution is 0.0697. The highest BCUT2D eigenvalue weighted by Gasteiger charge is 2.05. The maximum absolute atomic E-state index is 10.9. The van der Waals surface area contributed by atoms with E-state index in [-0.39, 0.29) is 16.4 Å². The van der Waals surface area contributed by atoms with Crippen molar-refractivity contribution in [3.05, 3.63) is 71.8 Å². The maximum atomic E-state index is 10.9. The van der Waals surface area contributed by atoms with Crippen LogP contribution in [0.3, 0.4) is 0 Å². The Bertz CT molecular complexity index is 834. The van der Waals surface area contributed by atoms with E-state index in [1.807, 2.05) is 12.1 Å². The van der Waals surface area contributed by atoms with Gasteiger partial charge in [-0.15, -0.1) is 6.58 Å². The van der Waals surface area contributed by atoms with Gasteiger partial charge in [-0.2, -0.15) is 5.10 Å². The van der Waals surface area contributed by atoms with E-state index >= 15 is 0 Å². The molecule has 4 N–H and O–H groups in total. The highest BCUT2D eigenvalue weighted by atomic mass is 32.1. The molecule has 0 aliphatic rings. The molecule has 25 heavy (non-hydrogen) atoms. The van der Waals surface area contributed by atoms with Crippen LogP contribution in [0.2, 0.25) is 0 Å². The second-order valence-corrected chi connectivity index (χ2v) is 5.47. The Balaban J connectivity index is 1.99. The average Bonchev–Trinajstić information content (AvgIpc) is 2.58. The van der Waals surface area contributed by atoms with Crippen molar-refractivity contribution in [2.45, 2.75) is 6.42 Å². The van der Waals surface area contributed by atoms with Gasteiger partial charge in [0.15, 0.2) is 5.11 Å². The van der Waals surface area contributed by atoms with Crippen LogP contribution >= 0.6 is 12.2 Å². The SMILES string of the molecule is C=CCc1cccc(/C=N/NC(=S)Nc2cccc(C(=O)O)c2)c1O. The number of carbonyl (C=O) groups is 1. The summed E-state index contributed by atoms with van der Waals surface area (Å²) in [6.45, 7) is 3.65. The summed E-state index contributed by atoms with van der Waals surface area (Å²) in [5.41, 5.74) is 4.60. The normalized spacial score (nSPS) is 10.4. The van der Waals surface area contributed by atoms with Gasteiger partial charge in [0.05, 0.1) is 11.8 Å². The van der Waals surface area contributed by atoms with Crippen LogP contribution in [0.4, 0.5) is 5.69 Å². The fourth-order valence-corrected chi connectivity index (χ4v) is 2.26. The van der Waals surface area contributed by atoms with Crippen LogP contribution < -0.4 is 10.7 Å². The van der Waals surface area contributed by atoms with E-state index in [1.54, 1.807) is 24.3 Å². The number of carboxylic acids is 1. The Morgan fingerprint density at radius 1 is 1.28 bits per heavy atom. The van der Waals surface area contributed by atoms with Crippen molar-refractivity contribution >= 4 is 35.2 Å². The molecule has 2 aromatic carbocycles. The third-order valence-electron chi connectivity index (χ3n) is 3.25. The van der Waals surface area contributed by atoms with E-state index in [9.17, 15) is 9.90 Å². The molecule has 0 heterocycles. The molecule has 0 saturated carbocycles. The number of thiocarbonyl (C=S) groups is 1. The number of aromatic carboxylic acids is 1. The molecule has 7 heteroatoms. The Labute approximate surface area is 150 Å². The molecule has 0 aliphatic heterocycles. The summed E-state index contributed by atoms with van der Waals surface area (Å²) in [5.74, 6) is -0.878. The van der Waals surface area contributed by atoms with Gasteiger partial charge >= 0.3 is 5.97 Å². The first-order valence-electron chi connectivity index (χ1n) is 7.36. The summed E-state index contributed by atoms with van der Waals surface area (Å²) in [4.78, 5) is 10.9. The Kier molecular flexibility index (Phi) is 6.25. The first-order valence-corrected chi connectivity index (χ1v) is 7.77. The zero-order valence-corrected chi connectivity index (χ0v) is 14.1. The van der Waals surface area contributed by atoms with Gasteiger partial charge in [0.25, 0.3) is 0 Å². The smallest absolute Gasteiger partial charge is 0.335 e. The lowest BCUT2D eigenvalue weighted by atomic mass is 10.1. The van der Waals surface area contributed by atoms with Gasteiger partial charge in [0.2, 0.25) is 0 Å². The van der Waals surface area contributed by atoms with Crippen molar-refractivity contribution < 1.29 is 15.0 Å². The van der Waals surface area contributed by atoms with Gasteiger partial charge < -0.3 is 15.5 Å². The predicted octanol–water partition coefficient (Wildman–Crippen LogP) is 3.14. The second kappa shape index (κ2) is 8.60. The number of anilines is 1.